The van der Waals surface area contributed by atoms with Crippen LogP contribution in [0.1, 0.15) is 25.0 Å². The molecular weight excluding hydrogens is 498 g/mol. The van der Waals surface area contributed by atoms with Gasteiger partial charge in [0.05, 0.1) is 5.69 Å². The summed E-state index contributed by atoms with van der Waals surface area (Å²) < 4.78 is 6.20. The van der Waals surface area contributed by atoms with Crippen LogP contribution in [0.15, 0.2) is 144 Å². The lowest BCUT2D eigenvalue weighted by Gasteiger charge is -2.30. The summed E-state index contributed by atoms with van der Waals surface area (Å²) in [6.07, 6.45) is 0. The highest BCUT2D eigenvalue weighted by Crippen LogP contribution is 2.51. The van der Waals surface area contributed by atoms with Crippen molar-refractivity contribution >= 4 is 39.0 Å². The average Bonchev–Trinajstić information content (AvgIpc) is 3.50. The molecule has 0 saturated carbocycles. The monoisotopic (exact) mass is 527 g/mol. The molecule has 1 aromatic heterocycles. The Morgan fingerprint density at radius 2 is 1.12 bits per heavy atom. The largest absolute Gasteiger partial charge is 0.456 e. The number of para-hydroxylation sites is 2. The Kier molecular flexibility index (Phi) is 5.20. The van der Waals surface area contributed by atoms with Crippen molar-refractivity contribution in [2.45, 2.75) is 19.3 Å². The van der Waals surface area contributed by atoms with E-state index < -0.39 is 0 Å². The van der Waals surface area contributed by atoms with E-state index >= 15 is 0 Å². The van der Waals surface area contributed by atoms with Gasteiger partial charge in [0.1, 0.15) is 11.2 Å². The number of fused-ring (bicyclic) bond motifs is 6. The molecule has 0 fully saturated rings. The molecule has 0 amide bonds. The van der Waals surface area contributed by atoms with Gasteiger partial charge in [-0.3, -0.25) is 0 Å². The standard InChI is InChI=1S/C39H29NO/c1-39(2)34-17-9-6-15-30(34)31-22-20-28(25-35(31)39)40(36-18-10-7-14-29(36)26-12-4-3-5-13-26)27-21-23-38-33(24-27)32-16-8-11-19-37(32)41-38/h3-25H,1-2H3. The molecular formula is C39H29NO. The molecule has 8 rings (SSSR count). The third-order valence-corrected chi connectivity index (χ3v) is 8.67. The SMILES string of the molecule is CC1(C)c2ccccc2-c2ccc(N(c3ccc4oc5ccccc5c4c3)c3ccccc3-c3ccccc3)cc21. The maximum atomic E-state index is 6.20. The van der Waals surface area contributed by atoms with Gasteiger partial charge in [-0.25, -0.2) is 0 Å². The smallest absolute Gasteiger partial charge is 0.135 e. The van der Waals surface area contributed by atoms with Crippen molar-refractivity contribution in [3.05, 3.63) is 151 Å². The Morgan fingerprint density at radius 3 is 2.00 bits per heavy atom. The minimum atomic E-state index is -0.0860. The summed E-state index contributed by atoms with van der Waals surface area (Å²) in [6.45, 7) is 4.68. The molecule has 0 radical (unpaired) electrons. The lowest BCUT2D eigenvalue weighted by Crippen LogP contribution is -2.16. The van der Waals surface area contributed by atoms with E-state index in [9.17, 15) is 0 Å². The first-order chi connectivity index (χ1) is 20.1. The number of anilines is 3. The number of rotatable bonds is 4. The van der Waals surface area contributed by atoms with Crippen LogP contribution in [0.3, 0.4) is 0 Å². The first-order valence-electron chi connectivity index (χ1n) is 14.2. The Morgan fingerprint density at radius 1 is 0.488 bits per heavy atom. The molecule has 0 atom stereocenters. The van der Waals surface area contributed by atoms with E-state index in [1.54, 1.807) is 0 Å². The number of benzene rings is 6. The Bertz CT molecular complexity index is 2080. The fourth-order valence-electron chi connectivity index (χ4n) is 6.64. The maximum absolute atomic E-state index is 6.20. The summed E-state index contributed by atoms with van der Waals surface area (Å²) >= 11 is 0. The minimum Gasteiger partial charge on any atom is -0.456 e. The van der Waals surface area contributed by atoms with Crippen molar-refractivity contribution in [2.75, 3.05) is 4.90 Å². The first kappa shape index (κ1) is 23.8. The van der Waals surface area contributed by atoms with Gasteiger partial charge in [0.15, 0.2) is 0 Å². The van der Waals surface area contributed by atoms with E-state index in [2.05, 4.69) is 146 Å². The average molecular weight is 528 g/mol. The fraction of sp³-hybridized carbons (Fsp3) is 0.0769. The quantitative estimate of drug-likeness (QED) is 0.226. The van der Waals surface area contributed by atoms with E-state index in [4.69, 9.17) is 4.42 Å². The molecule has 0 bridgehead atoms. The summed E-state index contributed by atoms with van der Waals surface area (Å²) in [6, 6.07) is 50.0. The second-order valence-corrected chi connectivity index (χ2v) is 11.4. The molecule has 1 aliphatic carbocycles. The van der Waals surface area contributed by atoms with Gasteiger partial charge in [0.2, 0.25) is 0 Å². The van der Waals surface area contributed by atoms with Crippen molar-refractivity contribution < 1.29 is 4.42 Å². The lowest BCUT2D eigenvalue weighted by atomic mass is 9.82. The Balaban J connectivity index is 1.39. The lowest BCUT2D eigenvalue weighted by molar-refractivity contribution is 0.660. The number of furan rings is 1. The molecule has 196 valence electrons. The predicted molar refractivity (Wildman–Crippen MR) is 171 cm³/mol. The summed E-state index contributed by atoms with van der Waals surface area (Å²) in [4.78, 5) is 2.41. The second kappa shape index (κ2) is 8.97. The molecule has 0 saturated heterocycles. The summed E-state index contributed by atoms with van der Waals surface area (Å²) in [5.74, 6) is 0. The highest BCUT2D eigenvalue weighted by Gasteiger charge is 2.35. The van der Waals surface area contributed by atoms with E-state index in [1.165, 1.54) is 33.4 Å². The molecule has 2 heteroatoms. The van der Waals surface area contributed by atoms with Crippen LogP contribution in [-0.2, 0) is 5.41 Å². The molecule has 7 aromatic rings. The van der Waals surface area contributed by atoms with E-state index in [-0.39, 0.29) is 5.41 Å². The zero-order valence-corrected chi connectivity index (χ0v) is 23.1. The van der Waals surface area contributed by atoms with Crippen LogP contribution < -0.4 is 4.90 Å². The zero-order chi connectivity index (χ0) is 27.6. The molecule has 1 heterocycles. The molecule has 0 aliphatic heterocycles. The predicted octanol–water partition coefficient (Wildman–Crippen LogP) is 11.0. The first-order valence-corrected chi connectivity index (χ1v) is 14.2. The second-order valence-electron chi connectivity index (χ2n) is 11.4. The minimum absolute atomic E-state index is 0.0860. The van der Waals surface area contributed by atoms with Crippen LogP contribution in [-0.4, -0.2) is 0 Å². The zero-order valence-electron chi connectivity index (χ0n) is 23.1. The molecule has 41 heavy (non-hydrogen) atoms. The molecule has 0 N–H and O–H groups in total. The topological polar surface area (TPSA) is 16.4 Å². The van der Waals surface area contributed by atoms with Gasteiger partial charge in [0, 0.05) is 33.1 Å². The van der Waals surface area contributed by atoms with Crippen molar-refractivity contribution in [3.63, 3.8) is 0 Å². The maximum Gasteiger partial charge on any atom is 0.135 e. The summed E-state index contributed by atoms with van der Waals surface area (Å²) in [7, 11) is 0. The number of nitrogens with zero attached hydrogens (tertiary/aromatic N) is 1. The molecule has 1 aliphatic rings. The Hall–Kier alpha value is -5.08. The van der Waals surface area contributed by atoms with Crippen LogP contribution in [0.2, 0.25) is 0 Å². The van der Waals surface area contributed by atoms with Crippen molar-refractivity contribution in [2.24, 2.45) is 0 Å². The van der Waals surface area contributed by atoms with Crippen LogP contribution in [0.5, 0.6) is 0 Å². The normalized spacial score (nSPS) is 13.3. The van der Waals surface area contributed by atoms with Gasteiger partial charge in [-0.05, 0) is 70.3 Å². The van der Waals surface area contributed by atoms with Crippen LogP contribution in [0.25, 0.3) is 44.2 Å². The van der Waals surface area contributed by atoms with Crippen LogP contribution in [0.4, 0.5) is 17.1 Å². The highest BCUT2D eigenvalue weighted by atomic mass is 16.3. The van der Waals surface area contributed by atoms with Gasteiger partial charge in [-0.1, -0.05) is 111 Å². The number of hydrogen-bond acceptors (Lipinski definition) is 2. The Labute approximate surface area is 240 Å². The van der Waals surface area contributed by atoms with Crippen LogP contribution in [0, 0.1) is 0 Å². The summed E-state index contributed by atoms with van der Waals surface area (Å²) in [5.41, 5.74) is 12.9. The molecule has 0 unspecified atom stereocenters. The molecule has 0 spiro atoms. The van der Waals surface area contributed by atoms with Gasteiger partial charge < -0.3 is 9.32 Å². The summed E-state index contributed by atoms with van der Waals surface area (Å²) in [5, 5.41) is 2.25. The van der Waals surface area contributed by atoms with Crippen LogP contribution >= 0.6 is 0 Å². The van der Waals surface area contributed by atoms with Gasteiger partial charge in [-0.15, -0.1) is 0 Å². The molecule has 6 aromatic carbocycles. The number of hydrogen-bond donors (Lipinski definition) is 0. The fourth-order valence-corrected chi connectivity index (χ4v) is 6.64. The van der Waals surface area contributed by atoms with Crippen molar-refractivity contribution in [3.8, 4) is 22.3 Å². The highest BCUT2D eigenvalue weighted by molar-refractivity contribution is 6.07. The van der Waals surface area contributed by atoms with Crippen molar-refractivity contribution in [1.29, 1.82) is 0 Å². The van der Waals surface area contributed by atoms with E-state index in [1.807, 2.05) is 12.1 Å². The van der Waals surface area contributed by atoms with Gasteiger partial charge >= 0.3 is 0 Å². The van der Waals surface area contributed by atoms with Gasteiger partial charge in [-0.2, -0.15) is 0 Å². The third kappa shape index (κ3) is 3.64. The van der Waals surface area contributed by atoms with E-state index in [0.717, 1.165) is 39.0 Å². The third-order valence-electron chi connectivity index (χ3n) is 8.67. The molecule has 2 nitrogen and oxygen atoms in total. The van der Waals surface area contributed by atoms with E-state index in [0.29, 0.717) is 0 Å². The van der Waals surface area contributed by atoms with Gasteiger partial charge in [0.25, 0.3) is 0 Å². The van der Waals surface area contributed by atoms with Crippen molar-refractivity contribution in [1.82, 2.24) is 0 Å².